The van der Waals surface area contributed by atoms with Gasteiger partial charge in [0.05, 0.1) is 0 Å². The Labute approximate surface area is 103 Å². The van der Waals surface area contributed by atoms with Gasteiger partial charge in [0.15, 0.2) is 0 Å². The van der Waals surface area contributed by atoms with Gasteiger partial charge in [-0.25, -0.2) is 0 Å². The normalized spacial score (nSPS) is 10.7. The van der Waals surface area contributed by atoms with Gasteiger partial charge in [0.1, 0.15) is 0 Å². The second-order valence-electron chi connectivity index (χ2n) is 4.19. The van der Waals surface area contributed by atoms with E-state index in [1.807, 2.05) is 24.4 Å². The predicted octanol–water partition coefficient (Wildman–Crippen LogP) is 4.39. The highest BCUT2D eigenvalue weighted by Gasteiger charge is 1.93. The molecule has 0 fully saturated rings. The van der Waals surface area contributed by atoms with Crippen molar-refractivity contribution in [1.29, 1.82) is 0 Å². The Kier molecular flexibility index (Phi) is 3.61. The standard InChI is InChI=1S/C16H17N/c1-13-8-9-16(12-14(13)2)17-11-10-15-6-4-3-5-7-15/h3-12,17H,1-2H3. The van der Waals surface area contributed by atoms with Crippen molar-refractivity contribution < 1.29 is 0 Å². The fraction of sp³-hybridized carbons (Fsp3) is 0.125. The Balaban J connectivity index is 2.03. The molecular weight excluding hydrogens is 206 g/mol. The van der Waals surface area contributed by atoms with Crippen LogP contribution in [0.15, 0.2) is 54.7 Å². The molecule has 0 aliphatic rings. The van der Waals surface area contributed by atoms with E-state index >= 15 is 0 Å². The molecule has 0 amide bonds. The number of nitrogens with one attached hydrogen (secondary N) is 1. The molecule has 2 rings (SSSR count). The third-order valence-electron chi connectivity index (χ3n) is 2.83. The number of benzene rings is 2. The van der Waals surface area contributed by atoms with Crippen LogP contribution in [0.4, 0.5) is 5.69 Å². The topological polar surface area (TPSA) is 12.0 Å². The summed E-state index contributed by atoms with van der Waals surface area (Å²) < 4.78 is 0. The van der Waals surface area contributed by atoms with E-state index in [1.54, 1.807) is 0 Å². The number of hydrogen-bond acceptors (Lipinski definition) is 1. The van der Waals surface area contributed by atoms with Crippen LogP contribution in [-0.4, -0.2) is 0 Å². The Morgan fingerprint density at radius 2 is 1.65 bits per heavy atom. The molecule has 2 aromatic carbocycles. The molecule has 0 aliphatic heterocycles. The number of anilines is 1. The van der Waals surface area contributed by atoms with Crippen molar-refractivity contribution >= 4 is 11.8 Å². The quantitative estimate of drug-likeness (QED) is 0.814. The second-order valence-corrected chi connectivity index (χ2v) is 4.19. The minimum atomic E-state index is 1.13. The molecule has 2 aromatic rings. The summed E-state index contributed by atoms with van der Waals surface area (Å²) in [4.78, 5) is 0. The predicted molar refractivity (Wildman–Crippen MR) is 75.0 cm³/mol. The first-order chi connectivity index (χ1) is 8.25. The molecule has 0 bridgehead atoms. The summed E-state index contributed by atoms with van der Waals surface area (Å²) in [6.45, 7) is 4.25. The SMILES string of the molecule is Cc1ccc(NC=Cc2ccccc2)cc1C. The number of aryl methyl sites for hydroxylation is 2. The van der Waals surface area contributed by atoms with Gasteiger partial charge in [-0.3, -0.25) is 0 Å². The summed E-state index contributed by atoms with van der Waals surface area (Å²) in [5.74, 6) is 0. The first-order valence-electron chi connectivity index (χ1n) is 5.81. The van der Waals surface area contributed by atoms with E-state index < -0.39 is 0 Å². The van der Waals surface area contributed by atoms with E-state index in [1.165, 1.54) is 16.7 Å². The molecule has 17 heavy (non-hydrogen) atoms. The number of hydrogen-bond donors (Lipinski definition) is 1. The van der Waals surface area contributed by atoms with Gasteiger partial charge in [-0.15, -0.1) is 0 Å². The van der Waals surface area contributed by atoms with Gasteiger partial charge >= 0.3 is 0 Å². The summed E-state index contributed by atoms with van der Waals surface area (Å²) >= 11 is 0. The maximum absolute atomic E-state index is 3.28. The lowest BCUT2D eigenvalue weighted by molar-refractivity contribution is 1.34. The minimum Gasteiger partial charge on any atom is -0.362 e. The van der Waals surface area contributed by atoms with Crippen molar-refractivity contribution in [2.45, 2.75) is 13.8 Å². The van der Waals surface area contributed by atoms with Crippen molar-refractivity contribution in [3.63, 3.8) is 0 Å². The smallest absolute Gasteiger partial charge is 0.0382 e. The first kappa shape index (κ1) is 11.5. The van der Waals surface area contributed by atoms with Gasteiger partial charge in [0.25, 0.3) is 0 Å². The first-order valence-corrected chi connectivity index (χ1v) is 5.81. The van der Waals surface area contributed by atoms with Crippen LogP contribution in [0.2, 0.25) is 0 Å². The van der Waals surface area contributed by atoms with Crippen LogP contribution < -0.4 is 5.32 Å². The van der Waals surface area contributed by atoms with Crippen LogP contribution in [0.25, 0.3) is 6.08 Å². The maximum Gasteiger partial charge on any atom is 0.0382 e. The fourth-order valence-corrected chi connectivity index (χ4v) is 1.63. The van der Waals surface area contributed by atoms with Crippen LogP contribution in [0, 0.1) is 13.8 Å². The molecule has 0 aromatic heterocycles. The van der Waals surface area contributed by atoms with Gasteiger partial charge in [-0.1, -0.05) is 36.4 Å². The van der Waals surface area contributed by atoms with E-state index in [2.05, 4.69) is 55.6 Å². The zero-order valence-corrected chi connectivity index (χ0v) is 10.3. The molecule has 1 nitrogen and oxygen atoms in total. The largest absolute Gasteiger partial charge is 0.362 e. The molecule has 0 radical (unpaired) electrons. The van der Waals surface area contributed by atoms with Crippen molar-refractivity contribution in [3.8, 4) is 0 Å². The molecule has 0 atom stereocenters. The average Bonchev–Trinajstić information content (AvgIpc) is 2.35. The molecule has 0 saturated heterocycles. The summed E-state index contributed by atoms with van der Waals surface area (Å²) in [6.07, 6.45) is 4.04. The average molecular weight is 223 g/mol. The minimum absolute atomic E-state index is 1.13. The number of rotatable bonds is 3. The molecule has 86 valence electrons. The second kappa shape index (κ2) is 5.35. The van der Waals surface area contributed by atoms with Gasteiger partial charge in [0, 0.05) is 11.9 Å². The van der Waals surface area contributed by atoms with E-state index in [0.29, 0.717) is 0 Å². The van der Waals surface area contributed by atoms with Crippen molar-refractivity contribution in [2.24, 2.45) is 0 Å². The molecule has 0 heterocycles. The highest BCUT2D eigenvalue weighted by molar-refractivity contribution is 5.56. The molecule has 0 spiro atoms. The lowest BCUT2D eigenvalue weighted by Gasteiger charge is -2.04. The van der Waals surface area contributed by atoms with Crippen molar-refractivity contribution in [1.82, 2.24) is 0 Å². The molecule has 1 heteroatoms. The summed E-state index contributed by atoms with van der Waals surface area (Å²) in [6, 6.07) is 16.6. The van der Waals surface area contributed by atoms with Crippen LogP contribution >= 0.6 is 0 Å². The molecular formula is C16H17N. The van der Waals surface area contributed by atoms with Gasteiger partial charge < -0.3 is 5.32 Å². The van der Waals surface area contributed by atoms with E-state index in [0.717, 1.165) is 5.69 Å². The van der Waals surface area contributed by atoms with E-state index in [4.69, 9.17) is 0 Å². The fourth-order valence-electron chi connectivity index (χ4n) is 1.63. The third-order valence-corrected chi connectivity index (χ3v) is 2.83. The van der Waals surface area contributed by atoms with Gasteiger partial charge in [-0.05, 0) is 48.7 Å². The molecule has 0 aliphatic carbocycles. The summed E-state index contributed by atoms with van der Waals surface area (Å²) in [7, 11) is 0. The molecule has 0 unspecified atom stereocenters. The highest BCUT2D eigenvalue weighted by Crippen LogP contribution is 2.14. The monoisotopic (exact) mass is 223 g/mol. The van der Waals surface area contributed by atoms with Crippen LogP contribution in [0.1, 0.15) is 16.7 Å². The van der Waals surface area contributed by atoms with E-state index in [9.17, 15) is 0 Å². The third kappa shape index (κ3) is 3.22. The molecule has 1 N–H and O–H groups in total. The zero-order valence-electron chi connectivity index (χ0n) is 10.3. The Hall–Kier alpha value is -2.02. The van der Waals surface area contributed by atoms with Crippen molar-refractivity contribution in [2.75, 3.05) is 5.32 Å². The van der Waals surface area contributed by atoms with E-state index in [-0.39, 0.29) is 0 Å². The molecule has 0 saturated carbocycles. The van der Waals surface area contributed by atoms with Gasteiger partial charge in [-0.2, -0.15) is 0 Å². The summed E-state index contributed by atoms with van der Waals surface area (Å²) in [5.41, 5.74) is 4.95. The Morgan fingerprint density at radius 3 is 2.35 bits per heavy atom. The Morgan fingerprint density at radius 1 is 0.882 bits per heavy atom. The Bertz CT molecular complexity index is 512. The zero-order chi connectivity index (χ0) is 12.1. The lowest BCUT2D eigenvalue weighted by atomic mass is 10.1. The summed E-state index contributed by atoms with van der Waals surface area (Å²) in [5, 5.41) is 3.28. The van der Waals surface area contributed by atoms with Crippen molar-refractivity contribution in [3.05, 3.63) is 71.4 Å². The van der Waals surface area contributed by atoms with Crippen LogP contribution in [0.3, 0.4) is 0 Å². The van der Waals surface area contributed by atoms with Crippen LogP contribution in [-0.2, 0) is 0 Å². The van der Waals surface area contributed by atoms with Gasteiger partial charge in [0.2, 0.25) is 0 Å². The van der Waals surface area contributed by atoms with Crippen LogP contribution in [0.5, 0.6) is 0 Å². The maximum atomic E-state index is 3.28. The highest BCUT2D eigenvalue weighted by atomic mass is 14.8. The lowest BCUT2D eigenvalue weighted by Crippen LogP contribution is -1.89.